The van der Waals surface area contributed by atoms with Crippen molar-refractivity contribution in [1.82, 2.24) is 5.32 Å². The number of unbranched alkanes of at least 4 members (excludes halogenated alkanes) is 30. The van der Waals surface area contributed by atoms with Crippen LogP contribution in [0.2, 0.25) is 0 Å². The van der Waals surface area contributed by atoms with E-state index in [1.807, 2.05) is 6.08 Å². The third-order valence-corrected chi connectivity index (χ3v) is 11.1. The van der Waals surface area contributed by atoms with E-state index in [4.69, 9.17) is 14.8 Å². The quantitative estimate of drug-likeness (QED) is 0.0277. The van der Waals surface area contributed by atoms with Crippen molar-refractivity contribution in [1.29, 1.82) is 0 Å². The Morgan fingerprint density at radius 3 is 1.37 bits per heavy atom. The minimum Gasteiger partial charge on any atom is -0.387 e. The number of carbonyl (C=O) groups excluding carboxylic acids is 1. The largest absolute Gasteiger partial charge is 0.472 e. The number of rotatable bonds is 42. The molecule has 0 aromatic carbocycles. The van der Waals surface area contributed by atoms with Crippen LogP contribution in [-0.2, 0) is 18.4 Å². The second-order valence-electron chi connectivity index (χ2n) is 15.3. The van der Waals surface area contributed by atoms with Crippen molar-refractivity contribution in [2.45, 2.75) is 238 Å². The highest BCUT2D eigenvalue weighted by Gasteiger charge is 2.26. The van der Waals surface area contributed by atoms with Crippen LogP contribution in [-0.4, -0.2) is 47.8 Å². The second kappa shape index (κ2) is 39.9. The molecule has 0 aliphatic heterocycles. The molecule has 0 saturated carbocycles. The lowest BCUT2D eigenvalue weighted by atomic mass is 10.0. The van der Waals surface area contributed by atoms with Gasteiger partial charge >= 0.3 is 7.82 Å². The first-order chi connectivity index (χ1) is 25.4. The second-order valence-corrected chi connectivity index (χ2v) is 16.7. The topological polar surface area (TPSA) is 131 Å². The lowest BCUT2D eigenvalue weighted by Crippen LogP contribution is -2.45. The Hall–Kier alpha value is -0.760. The number of hydrogen-bond acceptors (Lipinski definition) is 6. The molecule has 0 rings (SSSR count). The molecule has 9 heteroatoms. The van der Waals surface area contributed by atoms with Crippen molar-refractivity contribution in [3.05, 3.63) is 12.2 Å². The van der Waals surface area contributed by atoms with Crippen molar-refractivity contribution in [2.24, 2.45) is 5.73 Å². The predicted octanol–water partition coefficient (Wildman–Crippen LogP) is 12.4. The molecule has 0 aromatic heterocycles. The van der Waals surface area contributed by atoms with Crippen LogP contribution in [0.5, 0.6) is 0 Å². The lowest BCUT2D eigenvalue weighted by molar-refractivity contribution is -0.123. The number of phosphoric ester groups is 1. The molecule has 52 heavy (non-hydrogen) atoms. The molecule has 0 fully saturated rings. The normalized spacial score (nSPS) is 14.2. The maximum atomic E-state index is 12.8. The number of nitrogens with two attached hydrogens (primary N) is 1. The fourth-order valence-corrected chi connectivity index (χ4v) is 7.48. The highest BCUT2D eigenvalue weighted by atomic mass is 31.2. The van der Waals surface area contributed by atoms with Gasteiger partial charge in [0, 0.05) is 13.0 Å². The lowest BCUT2D eigenvalue weighted by Gasteiger charge is -2.23. The van der Waals surface area contributed by atoms with Gasteiger partial charge in [0.05, 0.1) is 25.4 Å². The van der Waals surface area contributed by atoms with Gasteiger partial charge in [-0.1, -0.05) is 212 Å². The summed E-state index contributed by atoms with van der Waals surface area (Å²) < 4.78 is 22.1. The van der Waals surface area contributed by atoms with Crippen molar-refractivity contribution < 1.29 is 28.4 Å². The van der Waals surface area contributed by atoms with E-state index in [9.17, 15) is 19.4 Å². The van der Waals surface area contributed by atoms with Crippen LogP contribution in [0.25, 0.3) is 0 Å². The van der Waals surface area contributed by atoms with Gasteiger partial charge in [-0.25, -0.2) is 4.57 Å². The fraction of sp³-hybridized carbons (Fsp3) is 0.930. The summed E-state index contributed by atoms with van der Waals surface area (Å²) in [4.78, 5) is 22.7. The molecular formula is C43H87N2O6P. The molecule has 0 spiro atoms. The first-order valence-electron chi connectivity index (χ1n) is 22.3. The third kappa shape index (κ3) is 37.6. The van der Waals surface area contributed by atoms with Gasteiger partial charge in [-0.3, -0.25) is 13.8 Å². The monoisotopic (exact) mass is 759 g/mol. The number of amides is 1. The minimum absolute atomic E-state index is 0.0814. The van der Waals surface area contributed by atoms with E-state index in [1.165, 1.54) is 167 Å². The van der Waals surface area contributed by atoms with Gasteiger partial charge in [-0.15, -0.1) is 0 Å². The standard InChI is InChI=1S/C43H87N2O6P/c1-3-5-7-9-11-13-15-17-19-20-21-22-23-25-27-29-31-33-35-37-43(47)45-41(40-51-52(48,49)50-39-38-44)42(46)36-34-32-30-28-26-24-18-16-14-12-10-8-6-4-2/h34,36,41-42,46H,3-33,35,37-40,44H2,1-2H3,(H,45,47)(H,48,49)/b36-34+/t41-,42+/m0/s1. The molecule has 1 unspecified atom stereocenters. The highest BCUT2D eigenvalue weighted by molar-refractivity contribution is 7.47. The Labute approximate surface area is 322 Å². The summed E-state index contributed by atoms with van der Waals surface area (Å²) in [7, 11) is -4.33. The molecule has 1 amide bonds. The fourth-order valence-electron chi connectivity index (χ4n) is 6.72. The van der Waals surface area contributed by atoms with E-state index in [2.05, 4.69) is 19.2 Å². The first-order valence-corrected chi connectivity index (χ1v) is 23.8. The summed E-state index contributed by atoms with van der Waals surface area (Å²) in [6, 6.07) is -0.854. The van der Waals surface area contributed by atoms with Crippen molar-refractivity contribution in [3.8, 4) is 0 Å². The Morgan fingerprint density at radius 2 is 0.981 bits per heavy atom. The molecule has 0 radical (unpaired) electrons. The van der Waals surface area contributed by atoms with Gasteiger partial charge in [-0.2, -0.15) is 0 Å². The average Bonchev–Trinajstić information content (AvgIpc) is 3.13. The Balaban J connectivity index is 4.14. The maximum absolute atomic E-state index is 12.8. The van der Waals surface area contributed by atoms with Crippen molar-refractivity contribution in [3.63, 3.8) is 0 Å². The van der Waals surface area contributed by atoms with Crippen molar-refractivity contribution in [2.75, 3.05) is 19.8 Å². The van der Waals surface area contributed by atoms with Gasteiger partial charge in [0.1, 0.15) is 0 Å². The Kier molecular flexibility index (Phi) is 39.3. The summed E-state index contributed by atoms with van der Waals surface area (Å²) in [5.41, 5.74) is 5.37. The number of nitrogens with one attached hydrogen (secondary N) is 1. The van der Waals surface area contributed by atoms with E-state index in [0.29, 0.717) is 6.42 Å². The van der Waals surface area contributed by atoms with E-state index < -0.39 is 20.0 Å². The van der Waals surface area contributed by atoms with E-state index in [-0.39, 0.29) is 25.7 Å². The number of allylic oxidation sites excluding steroid dienone is 1. The molecule has 0 aliphatic rings. The molecule has 3 atom stereocenters. The van der Waals surface area contributed by atoms with Crippen LogP contribution in [0.3, 0.4) is 0 Å². The van der Waals surface area contributed by atoms with Crippen LogP contribution in [0.4, 0.5) is 0 Å². The molecular weight excluding hydrogens is 671 g/mol. The Bertz CT molecular complexity index is 829. The molecule has 0 bridgehead atoms. The molecule has 0 saturated heterocycles. The maximum Gasteiger partial charge on any atom is 0.472 e. The zero-order valence-corrected chi connectivity index (χ0v) is 35.2. The zero-order chi connectivity index (χ0) is 38.2. The van der Waals surface area contributed by atoms with Gasteiger partial charge in [-0.05, 0) is 19.3 Å². The molecule has 0 heterocycles. The van der Waals surface area contributed by atoms with Crippen LogP contribution in [0, 0.1) is 0 Å². The highest BCUT2D eigenvalue weighted by Crippen LogP contribution is 2.43. The SMILES string of the molecule is CCCCCCCCCCCCCC/C=C/[C@@H](O)[C@H](COP(=O)(O)OCCN)NC(=O)CCCCCCCCCCCCCCCCCCCCC. The van der Waals surface area contributed by atoms with Gasteiger partial charge in [0.15, 0.2) is 0 Å². The van der Waals surface area contributed by atoms with E-state index >= 15 is 0 Å². The molecule has 5 N–H and O–H groups in total. The minimum atomic E-state index is -4.33. The van der Waals surface area contributed by atoms with Crippen LogP contribution >= 0.6 is 7.82 Å². The number of aliphatic hydroxyl groups excluding tert-OH is 1. The van der Waals surface area contributed by atoms with Gasteiger partial charge in [0.25, 0.3) is 0 Å². The number of hydrogen-bond donors (Lipinski definition) is 4. The summed E-state index contributed by atoms with van der Waals surface area (Å²) >= 11 is 0. The van der Waals surface area contributed by atoms with E-state index in [0.717, 1.165) is 38.5 Å². The molecule has 8 nitrogen and oxygen atoms in total. The van der Waals surface area contributed by atoms with E-state index in [1.54, 1.807) is 6.08 Å². The Morgan fingerprint density at radius 1 is 0.615 bits per heavy atom. The third-order valence-electron chi connectivity index (χ3n) is 10.1. The number of carbonyl (C=O) groups is 1. The number of aliphatic hydroxyl groups is 1. The number of phosphoric acid groups is 1. The summed E-state index contributed by atoms with van der Waals surface area (Å²) in [5, 5.41) is 13.7. The smallest absolute Gasteiger partial charge is 0.387 e. The summed E-state index contributed by atoms with van der Waals surface area (Å²) in [5.74, 6) is -0.190. The van der Waals surface area contributed by atoms with Gasteiger partial charge in [0.2, 0.25) is 5.91 Å². The summed E-state index contributed by atoms with van der Waals surface area (Å²) in [6.45, 7) is 4.16. The zero-order valence-electron chi connectivity index (χ0n) is 34.3. The molecule has 310 valence electrons. The average molecular weight is 759 g/mol. The summed E-state index contributed by atoms with van der Waals surface area (Å²) in [6.07, 6.45) is 44.0. The predicted molar refractivity (Wildman–Crippen MR) is 222 cm³/mol. The van der Waals surface area contributed by atoms with Crippen molar-refractivity contribution >= 4 is 13.7 Å². The van der Waals surface area contributed by atoms with Gasteiger partial charge < -0.3 is 21.1 Å². The molecule has 0 aliphatic carbocycles. The first kappa shape index (κ1) is 51.2. The van der Waals surface area contributed by atoms with Crippen LogP contribution < -0.4 is 11.1 Å². The molecule has 0 aromatic rings. The van der Waals surface area contributed by atoms with Crippen LogP contribution in [0.1, 0.15) is 226 Å². The van der Waals surface area contributed by atoms with Crippen LogP contribution in [0.15, 0.2) is 12.2 Å².